The summed E-state index contributed by atoms with van der Waals surface area (Å²) in [5.41, 5.74) is 1.25. The van der Waals surface area contributed by atoms with Gasteiger partial charge in [0.15, 0.2) is 5.69 Å². The number of hydrogen-bond donors (Lipinski definition) is 1. The van der Waals surface area contributed by atoms with E-state index in [2.05, 4.69) is 53.0 Å². The summed E-state index contributed by atoms with van der Waals surface area (Å²) in [5.74, 6) is 0.718. The summed E-state index contributed by atoms with van der Waals surface area (Å²) in [5, 5.41) is 8.10. The molecule has 2 aliphatic rings. The Hall–Kier alpha value is -1.45. The number of allylic oxidation sites excluding steroid dienone is 1. The maximum Gasteiger partial charge on any atom is 0.163 e. The van der Waals surface area contributed by atoms with E-state index in [9.17, 15) is 0 Å². The van der Waals surface area contributed by atoms with Crippen molar-refractivity contribution in [1.82, 2.24) is 9.91 Å². The van der Waals surface area contributed by atoms with Crippen molar-refractivity contribution in [3.63, 3.8) is 0 Å². The second kappa shape index (κ2) is 4.43. The molecule has 0 saturated carbocycles. The number of rotatable bonds is 3. The van der Waals surface area contributed by atoms with E-state index in [0.29, 0.717) is 4.59 Å². The fourth-order valence-corrected chi connectivity index (χ4v) is 2.69. The van der Waals surface area contributed by atoms with E-state index in [-0.39, 0.29) is 0 Å². The van der Waals surface area contributed by atoms with Crippen LogP contribution in [0.15, 0.2) is 47.7 Å². The first kappa shape index (κ1) is 10.7. The standard InChI is InChI=1S/C14H18N3/c1-2-5-14(6-3-1)17(10-4-8-16-17)12-13-7-9-15-11-13/h1-6,8,10,13,15H,7,9,11-12H2/q+1/t13-,17?/m0/s1. The molecule has 0 bridgehead atoms. The molecule has 2 aliphatic heterocycles. The Labute approximate surface area is 102 Å². The lowest BCUT2D eigenvalue weighted by Crippen LogP contribution is -2.41. The van der Waals surface area contributed by atoms with Gasteiger partial charge in [0.1, 0.15) is 12.7 Å². The topological polar surface area (TPSA) is 24.4 Å². The second-order valence-corrected chi connectivity index (χ2v) is 4.81. The summed E-state index contributed by atoms with van der Waals surface area (Å²) in [6.07, 6.45) is 7.41. The van der Waals surface area contributed by atoms with Crippen LogP contribution in [0.25, 0.3) is 0 Å². The number of benzene rings is 1. The van der Waals surface area contributed by atoms with Gasteiger partial charge in [0.2, 0.25) is 0 Å². The van der Waals surface area contributed by atoms with Gasteiger partial charge in [0.05, 0.1) is 6.21 Å². The van der Waals surface area contributed by atoms with E-state index < -0.39 is 0 Å². The molecule has 0 aliphatic carbocycles. The predicted molar refractivity (Wildman–Crippen MR) is 71.7 cm³/mol. The lowest BCUT2D eigenvalue weighted by molar-refractivity contribution is 0.334. The highest BCUT2D eigenvalue weighted by Crippen LogP contribution is 2.29. The van der Waals surface area contributed by atoms with E-state index in [0.717, 1.165) is 25.6 Å². The number of para-hydroxylation sites is 1. The van der Waals surface area contributed by atoms with Gasteiger partial charge in [-0.15, -0.1) is 4.59 Å². The van der Waals surface area contributed by atoms with E-state index in [1.165, 1.54) is 12.1 Å². The molecule has 2 heterocycles. The molecule has 1 aromatic carbocycles. The van der Waals surface area contributed by atoms with E-state index in [1.807, 2.05) is 6.21 Å². The van der Waals surface area contributed by atoms with Crippen molar-refractivity contribution in [2.45, 2.75) is 6.42 Å². The molecule has 0 radical (unpaired) electrons. The summed E-state index contributed by atoms with van der Waals surface area (Å²) in [6.45, 7) is 3.33. The molecule has 17 heavy (non-hydrogen) atoms. The first-order chi connectivity index (χ1) is 8.39. The maximum atomic E-state index is 4.67. The molecule has 0 amide bonds. The summed E-state index contributed by atoms with van der Waals surface area (Å²) in [6, 6.07) is 10.6. The van der Waals surface area contributed by atoms with Crippen LogP contribution >= 0.6 is 0 Å². The van der Waals surface area contributed by atoms with Crippen LogP contribution in [0.2, 0.25) is 0 Å². The summed E-state index contributed by atoms with van der Waals surface area (Å²) in [4.78, 5) is 0. The van der Waals surface area contributed by atoms with Crippen LogP contribution < -0.4 is 9.91 Å². The zero-order valence-electron chi connectivity index (χ0n) is 9.92. The molecule has 1 fully saturated rings. The number of hydrogen-bond acceptors (Lipinski definition) is 2. The fourth-order valence-electron chi connectivity index (χ4n) is 2.69. The van der Waals surface area contributed by atoms with Crippen LogP contribution in [0.3, 0.4) is 0 Å². The molecular formula is C14H18N3+. The molecular weight excluding hydrogens is 210 g/mol. The third kappa shape index (κ3) is 2.04. The van der Waals surface area contributed by atoms with Crippen molar-refractivity contribution in [2.24, 2.45) is 11.0 Å². The van der Waals surface area contributed by atoms with Crippen molar-refractivity contribution < 1.29 is 0 Å². The Morgan fingerprint density at radius 3 is 2.82 bits per heavy atom. The van der Waals surface area contributed by atoms with E-state index >= 15 is 0 Å². The lowest BCUT2D eigenvalue weighted by Gasteiger charge is -2.27. The Bertz CT molecular complexity index is 418. The predicted octanol–water partition coefficient (Wildman–Crippen LogP) is 2.12. The molecule has 3 heteroatoms. The minimum absolute atomic E-state index is 0.632. The van der Waals surface area contributed by atoms with Crippen LogP contribution in [0, 0.1) is 5.92 Å². The number of nitrogens with zero attached hydrogens (tertiary/aromatic N) is 2. The highest BCUT2D eigenvalue weighted by atomic mass is 15.6. The molecule has 1 saturated heterocycles. The number of quaternary nitrogens is 1. The van der Waals surface area contributed by atoms with Crippen molar-refractivity contribution in [3.05, 3.63) is 42.6 Å². The smallest absolute Gasteiger partial charge is 0.163 e. The highest BCUT2D eigenvalue weighted by Gasteiger charge is 2.34. The lowest BCUT2D eigenvalue weighted by atomic mass is 10.1. The van der Waals surface area contributed by atoms with Gasteiger partial charge in [-0.2, -0.15) is 0 Å². The van der Waals surface area contributed by atoms with Crippen molar-refractivity contribution >= 4 is 11.9 Å². The van der Waals surface area contributed by atoms with Crippen molar-refractivity contribution in [1.29, 1.82) is 0 Å². The summed E-state index contributed by atoms with van der Waals surface area (Å²) >= 11 is 0. The van der Waals surface area contributed by atoms with Gasteiger partial charge in [-0.05, 0) is 13.0 Å². The van der Waals surface area contributed by atoms with Gasteiger partial charge in [-0.3, -0.25) is 0 Å². The largest absolute Gasteiger partial charge is 0.316 e. The van der Waals surface area contributed by atoms with Gasteiger partial charge < -0.3 is 5.32 Å². The molecule has 3 rings (SSSR count). The Morgan fingerprint density at radius 2 is 2.18 bits per heavy atom. The van der Waals surface area contributed by atoms with Crippen molar-refractivity contribution in [2.75, 3.05) is 19.6 Å². The Kier molecular flexibility index (Phi) is 2.79. The van der Waals surface area contributed by atoms with Gasteiger partial charge in [0.25, 0.3) is 0 Å². The normalized spacial score (nSPS) is 31.2. The van der Waals surface area contributed by atoms with Gasteiger partial charge in [0, 0.05) is 30.7 Å². The quantitative estimate of drug-likeness (QED) is 0.787. The third-order valence-corrected chi connectivity index (χ3v) is 3.59. The second-order valence-electron chi connectivity index (χ2n) is 4.81. The monoisotopic (exact) mass is 228 g/mol. The molecule has 1 aromatic rings. The summed E-state index contributed by atoms with van der Waals surface area (Å²) < 4.78 is 0.632. The molecule has 0 aromatic heterocycles. The van der Waals surface area contributed by atoms with E-state index in [4.69, 9.17) is 0 Å². The first-order valence-corrected chi connectivity index (χ1v) is 6.27. The fraction of sp³-hybridized carbons (Fsp3) is 0.357. The third-order valence-electron chi connectivity index (χ3n) is 3.59. The van der Waals surface area contributed by atoms with Crippen molar-refractivity contribution in [3.8, 4) is 0 Å². The zero-order chi connectivity index (χ0) is 11.6. The minimum atomic E-state index is 0.632. The number of nitrogens with one attached hydrogen (secondary N) is 1. The van der Waals surface area contributed by atoms with Gasteiger partial charge in [-0.1, -0.05) is 23.3 Å². The minimum Gasteiger partial charge on any atom is -0.316 e. The molecule has 88 valence electrons. The Morgan fingerprint density at radius 1 is 1.29 bits per heavy atom. The first-order valence-electron chi connectivity index (χ1n) is 6.27. The molecule has 2 atom stereocenters. The van der Waals surface area contributed by atoms with Crippen LogP contribution in [0.1, 0.15) is 6.42 Å². The average molecular weight is 228 g/mol. The average Bonchev–Trinajstić information content (AvgIpc) is 3.03. The Balaban J connectivity index is 1.88. The SMILES string of the molecule is C1=C[N+](C[C@H]2CCNC2)(c2ccccc2)N=C1. The van der Waals surface area contributed by atoms with Gasteiger partial charge >= 0.3 is 0 Å². The van der Waals surface area contributed by atoms with Gasteiger partial charge in [-0.25, -0.2) is 0 Å². The molecule has 1 N–H and O–H groups in total. The van der Waals surface area contributed by atoms with Crippen LogP contribution in [0.4, 0.5) is 5.69 Å². The zero-order valence-corrected chi connectivity index (χ0v) is 9.92. The van der Waals surface area contributed by atoms with Crippen LogP contribution in [-0.4, -0.2) is 25.8 Å². The molecule has 1 unspecified atom stereocenters. The molecule has 3 nitrogen and oxygen atoms in total. The highest BCUT2D eigenvalue weighted by molar-refractivity contribution is 5.75. The van der Waals surface area contributed by atoms with Crippen LogP contribution in [0.5, 0.6) is 0 Å². The van der Waals surface area contributed by atoms with Crippen LogP contribution in [-0.2, 0) is 0 Å². The maximum absolute atomic E-state index is 4.67. The molecule has 0 spiro atoms. The summed E-state index contributed by atoms with van der Waals surface area (Å²) in [7, 11) is 0. The van der Waals surface area contributed by atoms with E-state index in [1.54, 1.807) is 0 Å².